The summed E-state index contributed by atoms with van der Waals surface area (Å²) in [5, 5.41) is 13.3. The van der Waals surface area contributed by atoms with E-state index in [1.807, 2.05) is 6.07 Å². The Balaban J connectivity index is 2.20. The van der Waals surface area contributed by atoms with E-state index in [1.54, 1.807) is 18.2 Å². The van der Waals surface area contributed by atoms with Gasteiger partial charge in [0.25, 0.3) is 11.6 Å². The van der Waals surface area contributed by atoms with Crippen molar-refractivity contribution >= 4 is 33.2 Å². The van der Waals surface area contributed by atoms with Gasteiger partial charge in [-0.15, -0.1) is 0 Å². The number of nitro groups is 1. The second kappa shape index (κ2) is 5.62. The molecule has 1 amide bonds. The summed E-state index contributed by atoms with van der Waals surface area (Å²) in [5.41, 5.74) is 0.752. The number of benzene rings is 2. The van der Waals surface area contributed by atoms with Crippen molar-refractivity contribution in [2.24, 2.45) is 0 Å². The predicted octanol–water partition coefficient (Wildman–Crippen LogP) is 3.61. The molecule has 0 spiro atoms. The largest absolute Gasteiger partial charge is 0.322 e. The van der Waals surface area contributed by atoms with Gasteiger partial charge in [0, 0.05) is 27.9 Å². The fourth-order valence-electron chi connectivity index (χ4n) is 1.53. The normalized spacial score (nSPS) is 9.95. The van der Waals surface area contributed by atoms with E-state index < -0.39 is 4.92 Å². The van der Waals surface area contributed by atoms with Crippen LogP contribution in [0.4, 0.5) is 11.4 Å². The van der Waals surface area contributed by atoms with Crippen molar-refractivity contribution in [1.29, 1.82) is 0 Å². The lowest BCUT2D eigenvalue weighted by Gasteiger charge is -2.05. The zero-order chi connectivity index (χ0) is 13.8. The molecule has 0 atom stereocenters. The van der Waals surface area contributed by atoms with Crippen molar-refractivity contribution < 1.29 is 9.72 Å². The minimum Gasteiger partial charge on any atom is -0.322 e. The molecular formula is C13H9BrN2O3. The monoisotopic (exact) mass is 320 g/mol. The van der Waals surface area contributed by atoms with Gasteiger partial charge in [0.05, 0.1) is 4.92 Å². The highest BCUT2D eigenvalue weighted by Crippen LogP contribution is 2.18. The molecule has 0 unspecified atom stereocenters. The van der Waals surface area contributed by atoms with Crippen LogP contribution in [0.2, 0.25) is 0 Å². The molecule has 19 heavy (non-hydrogen) atoms. The zero-order valence-corrected chi connectivity index (χ0v) is 11.3. The summed E-state index contributed by atoms with van der Waals surface area (Å²) in [5.74, 6) is -0.387. The topological polar surface area (TPSA) is 72.2 Å². The first-order chi connectivity index (χ1) is 9.06. The highest BCUT2D eigenvalue weighted by molar-refractivity contribution is 9.10. The summed E-state index contributed by atoms with van der Waals surface area (Å²) < 4.78 is 0.837. The Bertz CT molecular complexity index is 643. The Labute approximate surface area is 117 Å². The number of nitrogens with zero attached hydrogens (tertiary/aromatic N) is 1. The van der Waals surface area contributed by atoms with E-state index in [1.165, 1.54) is 24.3 Å². The molecule has 96 valence electrons. The molecule has 0 aliphatic carbocycles. The van der Waals surface area contributed by atoms with Crippen molar-refractivity contribution in [3.05, 3.63) is 68.7 Å². The van der Waals surface area contributed by atoms with Crippen LogP contribution in [0.15, 0.2) is 53.0 Å². The SMILES string of the molecule is O=C(Nc1cccc(Br)c1)c1cccc([N+](=O)[O-])c1. The smallest absolute Gasteiger partial charge is 0.270 e. The van der Waals surface area contributed by atoms with E-state index in [9.17, 15) is 14.9 Å². The second-order valence-electron chi connectivity index (χ2n) is 3.77. The molecule has 2 aromatic carbocycles. The molecular weight excluding hydrogens is 312 g/mol. The number of amides is 1. The number of rotatable bonds is 3. The number of anilines is 1. The summed E-state index contributed by atoms with van der Waals surface area (Å²) in [6.07, 6.45) is 0. The lowest BCUT2D eigenvalue weighted by Crippen LogP contribution is -2.11. The maximum Gasteiger partial charge on any atom is 0.270 e. The molecule has 0 heterocycles. The average Bonchev–Trinajstić information content (AvgIpc) is 2.39. The average molecular weight is 321 g/mol. The van der Waals surface area contributed by atoms with E-state index >= 15 is 0 Å². The fraction of sp³-hybridized carbons (Fsp3) is 0. The molecule has 0 saturated heterocycles. The summed E-state index contributed by atoms with van der Waals surface area (Å²) in [6, 6.07) is 12.7. The molecule has 2 aromatic rings. The molecule has 0 saturated carbocycles. The van der Waals surface area contributed by atoms with Gasteiger partial charge < -0.3 is 5.32 Å². The molecule has 2 rings (SSSR count). The van der Waals surface area contributed by atoms with Gasteiger partial charge in [-0.2, -0.15) is 0 Å². The molecule has 0 radical (unpaired) electrons. The van der Waals surface area contributed by atoms with Crippen LogP contribution in [0.25, 0.3) is 0 Å². The van der Waals surface area contributed by atoms with Crippen LogP contribution in [0, 0.1) is 10.1 Å². The number of non-ortho nitro benzene ring substituents is 1. The molecule has 1 N–H and O–H groups in total. The van der Waals surface area contributed by atoms with Gasteiger partial charge in [-0.3, -0.25) is 14.9 Å². The van der Waals surface area contributed by atoms with Crippen molar-refractivity contribution in [3.63, 3.8) is 0 Å². The Morgan fingerprint density at radius 1 is 1.16 bits per heavy atom. The quantitative estimate of drug-likeness (QED) is 0.693. The van der Waals surface area contributed by atoms with Crippen molar-refractivity contribution in [3.8, 4) is 0 Å². The molecule has 0 aliphatic heterocycles. The third-order valence-electron chi connectivity index (χ3n) is 2.40. The van der Waals surface area contributed by atoms with E-state index in [0.29, 0.717) is 5.69 Å². The summed E-state index contributed by atoms with van der Waals surface area (Å²) in [6.45, 7) is 0. The number of nitro benzene ring substituents is 1. The van der Waals surface area contributed by atoms with Gasteiger partial charge in [0.1, 0.15) is 0 Å². The van der Waals surface area contributed by atoms with Gasteiger partial charge in [0.2, 0.25) is 0 Å². The minimum absolute atomic E-state index is 0.109. The van der Waals surface area contributed by atoms with Crippen LogP contribution < -0.4 is 5.32 Å². The highest BCUT2D eigenvalue weighted by Gasteiger charge is 2.11. The maximum atomic E-state index is 12.0. The van der Waals surface area contributed by atoms with Gasteiger partial charge in [-0.25, -0.2) is 0 Å². The first-order valence-electron chi connectivity index (χ1n) is 5.37. The third-order valence-corrected chi connectivity index (χ3v) is 2.89. The zero-order valence-electron chi connectivity index (χ0n) is 9.67. The summed E-state index contributed by atoms with van der Waals surface area (Å²) in [7, 11) is 0. The number of nitrogens with one attached hydrogen (secondary N) is 1. The summed E-state index contributed by atoms with van der Waals surface area (Å²) >= 11 is 3.30. The van der Waals surface area contributed by atoms with Crippen molar-refractivity contribution in [2.45, 2.75) is 0 Å². The fourth-order valence-corrected chi connectivity index (χ4v) is 1.93. The number of hydrogen-bond acceptors (Lipinski definition) is 3. The van der Waals surface area contributed by atoms with Crippen LogP contribution in [-0.4, -0.2) is 10.8 Å². The molecule has 0 aromatic heterocycles. The van der Waals surface area contributed by atoms with Gasteiger partial charge in [0.15, 0.2) is 0 Å². The Morgan fingerprint density at radius 2 is 1.89 bits per heavy atom. The van der Waals surface area contributed by atoms with Gasteiger partial charge in [-0.1, -0.05) is 28.1 Å². The van der Waals surface area contributed by atoms with E-state index in [-0.39, 0.29) is 17.2 Å². The number of hydrogen-bond donors (Lipinski definition) is 1. The first-order valence-corrected chi connectivity index (χ1v) is 6.17. The van der Waals surface area contributed by atoms with Crippen LogP contribution in [-0.2, 0) is 0 Å². The van der Waals surface area contributed by atoms with Crippen LogP contribution in [0.5, 0.6) is 0 Å². The maximum absolute atomic E-state index is 12.0. The molecule has 0 aliphatic rings. The number of halogens is 1. The summed E-state index contributed by atoms with van der Waals surface area (Å²) in [4.78, 5) is 22.1. The van der Waals surface area contributed by atoms with Crippen LogP contribution >= 0.6 is 15.9 Å². The lowest BCUT2D eigenvalue weighted by atomic mass is 10.2. The van der Waals surface area contributed by atoms with E-state index in [2.05, 4.69) is 21.2 Å². The number of carbonyl (C=O) groups is 1. The molecule has 0 bridgehead atoms. The van der Waals surface area contributed by atoms with E-state index in [0.717, 1.165) is 4.47 Å². The highest BCUT2D eigenvalue weighted by atomic mass is 79.9. The molecule has 0 fully saturated rings. The van der Waals surface area contributed by atoms with E-state index in [4.69, 9.17) is 0 Å². The first kappa shape index (κ1) is 13.2. The Morgan fingerprint density at radius 3 is 2.58 bits per heavy atom. The second-order valence-corrected chi connectivity index (χ2v) is 4.69. The Hall–Kier alpha value is -2.21. The predicted molar refractivity (Wildman–Crippen MR) is 75.2 cm³/mol. The standard InChI is InChI=1S/C13H9BrN2O3/c14-10-4-2-5-11(8-10)15-13(17)9-3-1-6-12(7-9)16(18)19/h1-8H,(H,15,17). The van der Waals surface area contributed by atoms with Crippen LogP contribution in [0.1, 0.15) is 10.4 Å². The minimum atomic E-state index is -0.532. The molecule has 5 nitrogen and oxygen atoms in total. The number of carbonyl (C=O) groups excluding carboxylic acids is 1. The van der Waals surface area contributed by atoms with Crippen molar-refractivity contribution in [2.75, 3.05) is 5.32 Å². The lowest BCUT2D eigenvalue weighted by molar-refractivity contribution is -0.384. The third kappa shape index (κ3) is 3.38. The molecule has 6 heteroatoms. The van der Waals surface area contributed by atoms with Crippen molar-refractivity contribution in [1.82, 2.24) is 0 Å². The van der Waals surface area contributed by atoms with Crippen LogP contribution in [0.3, 0.4) is 0 Å². The van der Waals surface area contributed by atoms with Gasteiger partial charge in [-0.05, 0) is 24.3 Å². The Kier molecular flexibility index (Phi) is 3.91. The van der Waals surface area contributed by atoms with Gasteiger partial charge >= 0.3 is 0 Å².